The van der Waals surface area contributed by atoms with Crippen LogP contribution >= 0.6 is 22.6 Å². The summed E-state index contributed by atoms with van der Waals surface area (Å²) in [7, 11) is 0. The number of rotatable bonds is 5. The van der Waals surface area contributed by atoms with Crippen LogP contribution in [-0.2, 0) is 28.5 Å². The van der Waals surface area contributed by atoms with Crippen LogP contribution in [0.1, 0.15) is 38.5 Å². The molecule has 3 N–H and O–H groups in total. The number of halogens is 1. The monoisotopic (exact) mass is 675 g/mol. The zero-order valence-electron chi connectivity index (χ0n) is 21.9. The predicted octanol–water partition coefficient (Wildman–Crippen LogP) is 0.547. The molecule has 16 heteroatoms. The van der Waals surface area contributed by atoms with Gasteiger partial charge >= 0.3 is 5.69 Å². The number of hydrogen-bond donors (Lipinski definition) is 3. The molecule has 1 aliphatic carbocycles. The van der Waals surface area contributed by atoms with E-state index >= 15 is 0 Å². The molecule has 1 aromatic rings. The van der Waals surface area contributed by atoms with Crippen molar-refractivity contribution in [2.45, 2.75) is 82.2 Å². The minimum Gasteiger partial charge on any atom is -0.394 e. The number of Topliss-reactive ketones (excluding diaryl/α,β-unsaturated/α-hetero) is 2. The van der Waals surface area contributed by atoms with Gasteiger partial charge in [-0.1, -0.05) is 11.2 Å². The molecule has 1 aromatic heterocycles. The number of nitrogens with one attached hydrogen (secondary N) is 1. The Kier molecular flexibility index (Phi) is 9.31. The number of ketones is 2. The van der Waals surface area contributed by atoms with Crippen LogP contribution in [-0.4, -0.2) is 86.9 Å². The normalized spacial score (nSPS) is 34.5. The molecule has 3 saturated heterocycles. The van der Waals surface area contributed by atoms with Crippen molar-refractivity contribution in [3.05, 3.63) is 52.7 Å². The molecule has 15 nitrogen and oxygen atoms in total. The second-order valence-corrected chi connectivity index (χ2v) is 11.5. The Balaban J connectivity index is 0.000000186. The van der Waals surface area contributed by atoms with Gasteiger partial charge in [0, 0.05) is 23.1 Å². The number of azide groups is 1. The van der Waals surface area contributed by atoms with Crippen molar-refractivity contribution in [1.82, 2.24) is 9.55 Å². The summed E-state index contributed by atoms with van der Waals surface area (Å²) >= 11 is 1.94. The number of H-pyrrole nitrogens is 1. The quantitative estimate of drug-likeness (QED) is 0.130. The molecular formula is C24H30IN5O10. The van der Waals surface area contributed by atoms with E-state index in [9.17, 15) is 24.3 Å². The summed E-state index contributed by atoms with van der Waals surface area (Å²) in [5.74, 6) is -1.63. The highest BCUT2D eigenvalue weighted by Gasteiger charge is 2.57. The predicted molar refractivity (Wildman–Crippen MR) is 144 cm³/mol. The molecule has 218 valence electrons. The lowest BCUT2D eigenvalue weighted by Gasteiger charge is -2.28. The Hall–Kier alpha value is -2.44. The lowest BCUT2D eigenvalue weighted by atomic mass is 9.86. The highest BCUT2D eigenvalue weighted by molar-refractivity contribution is 14.1. The zero-order valence-corrected chi connectivity index (χ0v) is 24.1. The lowest BCUT2D eigenvalue weighted by Crippen LogP contribution is -2.40. The molecule has 0 aromatic carbocycles. The molecule has 0 amide bonds. The third kappa shape index (κ3) is 6.23. The molecule has 40 heavy (non-hydrogen) atoms. The highest BCUT2D eigenvalue weighted by Crippen LogP contribution is 2.42. The van der Waals surface area contributed by atoms with Crippen molar-refractivity contribution < 1.29 is 38.7 Å². The molecule has 3 aliphatic heterocycles. The number of allylic oxidation sites excluding steroid dienone is 1. The van der Waals surface area contributed by atoms with Gasteiger partial charge in [0.15, 0.2) is 11.6 Å². The van der Waals surface area contributed by atoms with E-state index in [1.165, 1.54) is 10.8 Å². The summed E-state index contributed by atoms with van der Waals surface area (Å²) < 4.78 is 24.6. The van der Waals surface area contributed by atoms with Gasteiger partial charge in [0.2, 0.25) is 0 Å². The maximum atomic E-state index is 12.2. The van der Waals surface area contributed by atoms with Crippen LogP contribution in [0.15, 0.2) is 30.6 Å². The fourth-order valence-corrected chi connectivity index (χ4v) is 5.75. The van der Waals surface area contributed by atoms with E-state index in [2.05, 4.69) is 15.0 Å². The van der Waals surface area contributed by atoms with Crippen LogP contribution in [0.3, 0.4) is 0 Å². The van der Waals surface area contributed by atoms with Gasteiger partial charge in [-0.05, 0) is 48.9 Å². The fraction of sp³-hybridized carbons (Fsp3) is 0.667. The zero-order chi connectivity index (χ0) is 29.4. The maximum absolute atomic E-state index is 12.2. The topological polar surface area (TPSA) is 215 Å². The first-order valence-electron chi connectivity index (χ1n) is 12.6. The highest BCUT2D eigenvalue weighted by atomic mass is 127. The van der Waals surface area contributed by atoms with Crippen molar-refractivity contribution in [3.63, 3.8) is 0 Å². The van der Waals surface area contributed by atoms with Gasteiger partial charge in [0.1, 0.15) is 36.4 Å². The van der Waals surface area contributed by atoms with E-state index in [0.717, 1.165) is 0 Å². The molecule has 0 bridgehead atoms. The van der Waals surface area contributed by atoms with Crippen LogP contribution in [0.5, 0.6) is 0 Å². The number of ether oxygens (including phenoxy) is 4. The van der Waals surface area contributed by atoms with Crippen LogP contribution in [0.2, 0.25) is 0 Å². The molecule has 5 rings (SSSR count). The lowest BCUT2D eigenvalue weighted by molar-refractivity contribution is -0.194. The molecule has 8 atom stereocenters. The fourth-order valence-electron chi connectivity index (χ4n) is 5.17. The van der Waals surface area contributed by atoms with Gasteiger partial charge in [-0.2, -0.15) is 0 Å². The molecule has 4 heterocycles. The number of aryl methyl sites for hydroxylation is 1. The van der Waals surface area contributed by atoms with E-state index in [4.69, 9.17) is 29.6 Å². The molecule has 0 spiro atoms. The molecular weight excluding hydrogens is 645 g/mol. The Labute approximate surface area is 241 Å². The number of aromatic nitrogens is 2. The third-order valence-corrected chi connectivity index (χ3v) is 8.02. The summed E-state index contributed by atoms with van der Waals surface area (Å²) in [5.41, 5.74) is 7.76. The number of carbonyl (C=O) groups excluding carboxylic acids is 2. The number of fused-ring (bicyclic) bond motifs is 1. The van der Waals surface area contributed by atoms with Gasteiger partial charge in [-0.25, -0.2) is 4.79 Å². The van der Waals surface area contributed by atoms with Gasteiger partial charge in [-0.3, -0.25) is 23.9 Å². The van der Waals surface area contributed by atoms with Crippen molar-refractivity contribution in [2.24, 2.45) is 11.0 Å². The Morgan fingerprint density at radius 1 is 1.12 bits per heavy atom. The first kappa shape index (κ1) is 30.5. The van der Waals surface area contributed by atoms with Crippen molar-refractivity contribution in [1.29, 1.82) is 0 Å². The van der Waals surface area contributed by atoms with Gasteiger partial charge < -0.3 is 29.2 Å². The van der Waals surface area contributed by atoms with Crippen LogP contribution in [0.25, 0.3) is 10.4 Å². The van der Waals surface area contributed by atoms with Gasteiger partial charge in [0.05, 0.1) is 41.3 Å². The summed E-state index contributed by atoms with van der Waals surface area (Å²) in [6, 6.07) is -0.542. The summed E-state index contributed by atoms with van der Waals surface area (Å²) in [4.78, 5) is 51.6. The minimum absolute atomic E-state index is 0.106. The first-order valence-corrected chi connectivity index (χ1v) is 13.6. The smallest absolute Gasteiger partial charge is 0.330 e. The van der Waals surface area contributed by atoms with Gasteiger partial charge in [0.25, 0.3) is 5.56 Å². The van der Waals surface area contributed by atoms with Crippen LogP contribution in [0, 0.1) is 12.8 Å². The largest absolute Gasteiger partial charge is 0.394 e. The Morgan fingerprint density at radius 3 is 2.45 bits per heavy atom. The standard InChI is InChI=1S/C14H17IO6.C10H13N5O4/c1-14(2)20-12-10(5-16)19-11(13(12)21-14)6-3-7(15)9(18)4-8(6)17;1-5-3-15(10(18)12-9(5)17)8-2-6(13-14-11)7(4-16)19-8/h3,6,10-13,16H,4-5H2,1-2H3;3,6-8,16H,2,4H2,1H3,(H,12,17,18)/t6?,10-,11+,12?,13?;6-,7+,8+/m10/s1. The summed E-state index contributed by atoms with van der Waals surface area (Å²) in [6.07, 6.45) is 0.00852. The second-order valence-electron chi connectivity index (χ2n) is 10.3. The maximum Gasteiger partial charge on any atom is 0.330 e. The SMILES string of the molecule is CC1(C)OC2C(O1)[C@@H](CO)O[C@H]2C1C=C(I)C(=O)CC1=O.Cc1cn([C@H]2C[C@H](N=[N+]=[N-])[C@@H](CO)O2)c(=O)[nH]c1=O. The number of aliphatic hydroxyl groups excluding tert-OH is 2. The van der Waals surface area contributed by atoms with E-state index < -0.39 is 65.7 Å². The van der Waals surface area contributed by atoms with Gasteiger partial charge in [-0.15, -0.1) is 0 Å². The number of nitrogens with zero attached hydrogens (tertiary/aromatic N) is 4. The number of carbonyl (C=O) groups is 2. The summed E-state index contributed by atoms with van der Waals surface area (Å²) in [5, 5.41) is 22.1. The average Bonchev–Trinajstić information content (AvgIpc) is 3.54. The van der Waals surface area contributed by atoms with E-state index in [-0.39, 0.29) is 37.6 Å². The Morgan fingerprint density at radius 2 is 1.80 bits per heavy atom. The summed E-state index contributed by atoms with van der Waals surface area (Å²) in [6.45, 7) is 4.65. The number of aliphatic hydroxyl groups is 2. The second kappa shape index (κ2) is 12.2. The molecule has 3 unspecified atom stereocenters. The molecule has 0 radical (unpaired) electrons. The molecule has 3 fully saturated rings. The minimum atomic E-state index is -0.769. The van der Waals surface area contributed by atoms with E-state index in [1.807, 2.05) is 22.6 Å². The Bertz CT molecular complexity index is 1350. The van der Waals surface area contributed by atoms with Crippen LogP contribution in [0.4, 0.5) is 0 Å². The number of aromatic amines is 1. The van der Waals surface area contributed by atoms with Crippen molar-refractivity contribution in [2.75, 3.05) is 13.2 Å². The average molecular weight is 675 g/mol. The van der Waals surface area contributed by atoms with E-state index in [0.29, 0.717) is 9.14 Å². The number of hydrogen-bond acceptors (Lipinski definition) is 11. The van der Waals surface area contributed by atoms with E-state index in [1.54, 1.807) is 26.8 Å². The third-order valence-electron chi connectivity index (χ3n) is 7.06. The first-order chi connectivity index (χ1) is 18.9. The van der Waals surface area contributed by atoms with Crippen molar-refractivity contribution in [3.8, 4) is 0 Å². The van der Waals surface area contributed by atoms with Crippen LogP contribution < -0.4 is 11.2 Å². The molecule has 4 aliphatic rings. The van der Waals surface area contributed by atoms with Crippen molar-refractivity contribution >= 4 is 34.2 Å². The molecule has 0 saturated carbocycles.